The number of ether oxygens (including phenoxy) is 2. The second-order valence-electron chi connectivity index (χ2n) is 10.3. The van der Waals surface area contributed by atoms with E-state index >= 15 is 0 Å². The Morgan fingerprint density at radius 3 is 2.28 bits per heavy atom. The van der Waals surface area contributed by atoms with Crippen molar-refractivity contribution in [1.82, 2.24) is 0 Å². The summed E-state index contributed by atoms with van der Waals surface area (Å²) in [6.45, 7) is 8.42. The quantitative estimate of drug-likeness (QED) is 0.151. The highest BCUT2D eigenvalue weighted by atomic mass is 35.5. The van der Waals surface area contributed by atoms with Gasteiger partial charge in [0.1, 0.15) is 5.75 Å². The Kier molecular flexibility index (Phi) is 10.6. The highest BCUT2D eigenvalue weighted by molar-refractivity contribution is 6.47. The van der Waals surface area contributed by atoms with Crippen molar-refractivity contribution in [1.29, 1.82) is 0 Å². The Morgan fingerprint density at radius 2 is 1.61 bits per heavy atom. The minimum atomic E-state index is -0.434. The Hall–Kier alpha value is -1.73. The second kappa shape index (κ2) is 13.2. The number of carbonyl (C=O) groups is 1. The zero-order chi connectivity index (χ0) is 26.2. The van der Waals surface area contributed by atoms with Crippen LogP contribution in [0.15, 0.2) is 48.5 Å². The molecule has 0 radical (unpaired) electrons. The molecule has 5 nitrogen and oxygen atoms in total. The summed E-state index contributed by atoms with van der Waals surface area (Å²) in [4.78, 5) is 12.1. The monoisotopic (exact) mass is 534 g/mol. The van der Waals surface area contributed by atoms with E-state index in [9.17, 15) is 4.79 Å². The van der Waals surface area contributed by atoms with E-state index in [0.717, 1.165) is 38.5 Å². The highest BCUT2D eigenvalue weighted by Gasteiger charge is 2.53. The van der Waals surface area contributed by atoms with E-state index < -0.39 is 5.97 Å². The number of halogens is 2. The molecule has 8 heteroatoms. The smallest absolute Gasteiger partial charge is 0.461 e. The van der Waals surface area contributed by atoms with Gasteiger partial charge in [0.2, 0.25) is 0 Å². The lowest BCUT2D eigenvalue weighted by molar-refractivity contribution is -0.146. The number of rotatable bonds is 13. The minimum Gasteiger partial charge on any atom is -0.480 e. The van der Waals surface area contributed by atoms with E-state index in [2.05, 4.69) is 52.0 Å². The summed E-state index contributed by atoms with van der Waals surface area (Å²) in [5, 5.41) is 0.861. The molecule has 1 fully saturated rings. The van der Waals surface area contributed by atoms with Crippen LogP contribution in [-0.4, -0.2) is 37.5 Å². The standard InChI is InChI=1S/C28H37BCl2O5/c1-27(2)28(3,4)36-29(35-27)22(14-9-8-13-21-11-6-5-7-12-21)15-10-18-33-26(32)20-34-25-17-16-23(30)19-24(25)31/h5-7,11-12,16-17,19,22H,8-10,13-15,18,20H2,1-4H3/t22-/m0/s1. The van der Waals surface area contributed by atoms with Crippen LogP contribution in [0, 0.1) is 0 Å². The van der Waals surface area contributed by atoms with Crippen LogP contribution in [-0.2, 0) is 25.3 Å². The average Bonchev–Trinajstić information content (AvgIpc) is 3.04. The summed E-state index contributed by atoms with van der Waals surface area (Å²) in [6.07, 6.45) is 5.82. The van der Waals surface area contributed by atoms with E-state index in [-0.39, 0.29) is 30.7 Å². The van der Waals surface area contributed by atoms with Crippen molar-refractivity contribution in [2.24, 2.45) is 0 Å². The van der Waals surface area contributed by atoms with Crippen molar-refractivity contribution in [2.45, 2.75) is 83.2 Å². The first-order chi connectivity index (χ1) is 17.1. The van der Waals surface area contributed by atoms with Crippen LogP contribution in [0.5, 0.6) is 5.75 Å². The van der Waals surface area contributed by atoms with E-state index in [4.69, 9.17) is 42.0 Å². The number of carbonyl (C=O) groups excluding carboxylic acids is 1. The third kappa shape index (κ3) is 8.41. The molecule has 1 atom stereocenters. The van der Waals surface area contributed by atoms with Gasteiger partial charge in [-0.15, -0.1) is 0 Å². The normalized spacial score (nSPS) is 17.1. The summed E-state index contributed by atoms with van der Waals surface area (Å²) < 4.78 is 23.6. The molecule has 3 rings (SSSR count). The van der Waals surface area contributed by atoms with Crippen LogP contribution >= 0.6 is 23.2 Å². The van der Waals surface area contributed by atoms with Crippen LogP contribution in [0.4, 0.5) is 0 Å². The van der Waals surface area contributed by atoms with Gasteiger partial charge in [-0.05, 0) is 83.0 Å². The fraction of sp³-hybridized carbons (Fsp3) is 0.536. The summed E-state index contributed by atoms with van der Waals surface area (Å²) >= 11 is 12.0. The molecule has 1 heterocycles. The van der Waals surface area contributed by atoms with E-state index in [0.29, 0.717) is 22.4 Å². The first-order valence-corrected chi connectivity index (χ1v) is 13.5. The van der Waals surface area contributed by atoms with Gasteiger partial charge < -0.3 is 18.8 Å². The maximum atomic E-state index is 12.1. The van der Waals surface area contributed by atoms with Crippen LogP contribution in [0.3, 0.4) is 0 Å². The zero-order valence-corrected chi connectivity index (χ0v) is 23.2. The molecular formula is C28H37BCl2O5. The van der Waals surface area contributed by atoms with Gasteiger partial charge in [0.05, 0.1) is 22.8 Å². The zero-order valence-electron chi connectivity index (χ0n) is 21.7. The first-order valence-electron chi connectivity index (χ1n) is 12.7. The molecule has 1 aliphatic heterocycles. The number of unbranched alkanes of at least 4 members (excludes halogenated alkanes) is 1. The molecule has 2 aromatic carbocycles. The molecule has 36 heavy (non-hydrogen) atoms. The second-order valence-corrected chi connectivity index (χ2v) is 11.2. The summed E-state index contributed by atoms with van der Waals surface area (Å²) in [6, 6.07) is 15.4. The number of hydrogen-bond donors (Lipinski definition) is 0. The van der Waals surface area contributed by atoms with Crippen LogP contribution in [0.2, 0.25) is 15.9 Å². The Bertz CT molecular complexity index is 967. The van der Waals surface area contributed by atoms with Crippen molar-refractivity contribution in [3.63, 3.8) is 0 Å². The average molecular weight is 535 g/mol. The van der Waals surface area contributed by atoms with Gasteiger partial charge in [-0.2, -0.15) is 0 Å². The molecule has 0 unspecified atom stereocenters. The number of hydrogen-bond acceptors (Lipinski definition) is 5. The molecule has 0 saturated carbocycles. The van der Waals surface area contributed by atoms with Gasteiger partial charge in [-0.3, -0.25) is 0 Å². The molecular weight excluding hydrogens is 498 g/mol. The largest absolute Gasteiger partial charge is 0.480 e. The molecule has 2 aromatic rings. The molecule has 0 bridgehead atoms. The first kappa shape index (κ1) is 28.8. The van der Waals surface area contributed by atoms with Gasteiger partial charge in [0.25, 0.3) is 0 Å². The summed E-state index contributed by atoms with van der Waals surface area (Å²) in [7, 11) is -0.266. The predicted molar refractivity (Wildman–Crippen MR) is 146 cm³/mol. The fourth-order valence-electron chi connectivity index (χ4n) is 4.18. The fourth-order valence-corrected chi connectivity index (χ4v) is 4.64. The maximum Gasteiger partial charge on any atom is 0.461 e. The van der Waals surface area contributed by atoms with Gasteiger partial charge >= 0.3 is 13.1 Å². The van der Waals surface area contributed by atoms with Crippen molar-refractivity contribution in [3.8, 4) is 5.75 Å². The molecule has 196 valence electrons. The van der Waals surface area contributed by atoms with Crippen molar-refractivity contribution in [3.05, 3.63) is 64.1 Å². The van der Waals surface area contributed by atoms with Crippen LogP contribution < -0.4 is 4.74 Å². The molecule has 0 amide bonds. The molecule has 0 N–H and O–H groups in total. The summed E-state index contributed by atoms with van der Waals surface area (Å²) in [5.74, 6) is 0.190. The van der Waals surface area contributed by atoms with E-state index in [1.54, 1.807) is 18.2 Å². The van der Waals surface area contributed by atoms with Gasteiger partial charge in [0.15, 0.2) is 6.61 Å². The third-order valence-corrected chi connectivity index (χ3v) is 7.54. The maximum absolute atomic E-state index is 12.1. The number of aryl methyl sites for hydroxylation is 1. The SMILES string of the molecule is CC1(C)OB([C@@H](CCCCc2ccccc2)CCCOC(=O)COc2ccc(Cl)cc2Cl)OC1(C)C. The van der Waals surface area contributed by atoms with Crippen LogP contribution in [0.25, 0.3) is 0 Å². The predicted octanol–water partition coefficient (Wildman–Crippen LogP) is 7.57. The molecule has 0 spiro atoms. The van der Waals surface area contributed by atoms with E-state index in [1.807, 2.05) is 6.07 Å². The number of esters is 1. The van der Waals surface area contributed by atoms with Crippen LogP contribution in [0.1, 0.15) is 65.4 Å². The van der Waals surface area contributed by atoms with E-state index in [1.165, 1.54) is 5.56 Å². The topological polar surface area (TPSA) is 54.0 Å². The molecule has 1 aliphatic rings. The molecule has 0 aliphatic carbocycles. The lowest BCUT2D eigenvalue weighted by atomic mass is 9.67. The van der Waals surface area contributed by atoms with Crippen molar-refractivity contribution < 1.29 is 23.6 Å². The van der Waals surface area contributed by atoms with Gasteiger partial charge in [-0.1, -0.05) is 66.4 Å². The van der Waals surface area contributed by atoms with Gasteiger partial charge in [0, 0.05) is 5.02 Å². The minimum absolute atomic E-state index is 0.207. The lowest BCUT2D eigenvalue weighted by Crippen LogP contribution is -2.41. The van der Waals surface area contributed by atoms with Crippen molar-refractivity contribution >= 4 is 36.3 Å². The molecule has 1 saturated heterocycles. The highest BCUT2D eigenvalue weighted by Crippen LogP contribution is 2.42. The third-order valence-electron chi connectivity index (χ3n) is 7.01. The lowest BCUT2D eigenvalue weighted by Gasteiger charge is -2.32. The molecule has 0 aromatic heterocycles. The Labute approximate surface area is 225 Å². The Morgan fingerprint density at radius 1 is 0.944 bits per heavy atom. The Balaban J connectivity index is 1.45. The number of benzene rings is 2. The van der Waals surface area contributed by atoms with Gasteiger partial charge in [-0.25, -0.2) is 4.79 Å². The van der Waals surface area contributed by atoms with Crippen molar-refractivity contribution in [2.75, 3.05) is 13.2 Å². The summed E-state index contributed by atoms with van der Waals surface area (Å²) in [5.41, 5.74) is 0.623.